The fraction of sp³-hybridized carbons (Fsp3) is 0.130. The summed E-state index contributed by atoms with van der Waals surface area (Å²) in [6, 6.07) is 14.8. The van der Waals surface area contributed by atoms with Crippen LogP contribution in [0.2, 0.25) is 5.02 Å². The molecule has 158 valence electrons. The van der Waals surface area contributed by atoms with Crippen molar-refractivity contribution in [3.8, 4) is 11.5 Å². The molecule has 0 aliphatic carbocycles. The van der Waals surface area contributed by atoms with Crippen LogP contribution >= 0.6 is 11.6 Å². The molecule has 0 aliphatic rings. The maximum Gasteiger partial charge on any atom is 0.248 e. The van der Waals surface area contributed by atoms with E-state index in [2.05, 4.69) is 9.97 Å². The Hall–Kier alpha value is -3.58. The van der Waals surface area contributed by atoms with E-state index in [4.69, 9.17) is 26.8 Å². The largest absolute Gasteiger partial charge is 0.485 e. The number of aromatic nitrogens is 2. The summed E-state index contributed by atoms with van der Waals surface area (Å²) in [6.45, 7) is 1.90. The van der Waals surface area contributed by atoms with Crippen LogP contribution in [-0.4, -0.2) is 15.9 Å². The highest BCUT2D eigenvalue weighted by molar-refractivity contribution is 6.31. The van der Waals surface area contributed by atoms with Crippen LogP contribution in [0.25, 0.3) is 11.0 Å². The van der Waals surface area contributed by atoms with Crippen molar-refractivity contribution < 1.29 is 18.7 Å². The molecule has 31 heavy (non-hydrogen) atoms. The average Bonchev–Trinajstić information content (AvgIpc) is 3.13. The van der Waals surface area contributed by atoms with E-state index in [0.717, 1.165) is 16.6 Å². The van der Waals surface area contributed by atoms with Crippen molar-refractivity contribution in [3.63, 3.8) is 0 Å². The van der Waals surface area contributed by atoms with E-state index in [1.54, 1.807) is 30.3 Å². The van der Waals surface area contributed by atoms with Crippen LogP contribution in [0.15, 0.2) is 54.6 Å². The Morgan fingerprint density at radius 2 is 1.87 bits per heavy atom. The molecule has 3 N–H and O–H groups in total. The molecule has 4 rings (SSSR count). The molecular formula is C23H19ClFN3O3. The zero-order chi connectivity index (χ0) is 22.0. The number of halogens is 2. The molecule has 1 heterocycles. The third-order valence-corrected chi connectivity index (χ3v) is 4.91. The summed E-state index contributed by atoms with van der Waals surface area (Å²) in [4.78, 5) is 19.2. The summed E-state index contributed by atoms with van der Waals surface area (Å²) in [6.07, 6.45) is 0. The molecule has 6 nitrogen and oxygen atoms in total. The van der Waals surface area contributed by atoms with Crippen LogP contribution in [-0.2, 0) is 13.2 Å². The number of hydrogen-bond acceptors (Lipinski definition) is 4. The lowest BCUT2D eigenvalue weighted by Crippen LogP contribution is -2.11. The van der Waals surface area contributed by atoms with Gasteiger partial charge in [-0.25, -0.2) is 9.37 Å². The van der Waals surface area contributed by atoms with Crippen molar-refractivity contribution in [3.05, 3.63) is 88.0 Å². The fourth-order valence-corrected chi connectivity index (χ4v) is 3.24. The van der Waals surface area contributed by atoms with Crippen molar-refractivity contribution in [1.29, 1.82) is 0 Å². The van der Waals surface area contributed by atoms with Crippen LogP contribution < -0.4 is 15.2 Å². The Morgan fingerprint density at radius 3 is 2.65 bits per heavy atom. The number of ether oxygens (including phenoxy) is 2. The number of rotatable bonds is 7. The molecule has 0 atom stereocenters. The standard InChI is InChI=1S/C23H19ClFN3O3/c1-13-2-3-15(17(25)8-13)11-30-21-9-14(23(26)29)4-7-20(21)31-12-22-27-18-6-5-16(24)10-19(18)28-22/h2-10H,11-12H2,1H3,(H2,26,29)(H,27,28). The number of carbonyl (C=O) groups excluding carboxylic acids is 1. The summed E-state index contributed by atoms with van der Waals surface area (Å²) in [5, 5.41) is 0.602. The molecular weight excluding hydrogens is 421 g/mol. The van der Waals surface area contributed by atoms with Gasteiger partial charge in [-0.2, -0.15) is 0 Å². The highest BCUT2D eigenvalue weighted by Gasteiger charge is 2.13. The number of nitrogens with two attached hydrogens (primary N) is 1. The molecule has 1 aromatic heterocycles. The molecule has 0 saturated heterocycles. The van der Waals surface area contributed by atoms with Gasteiger partial charge in [0.1, 0.15) is 24.9 Å². The van der Waals surface area contributed by atoms with Crippen LogP contribution in [0.5, 0.6) is 11.5 Å². The number of fused-ring (bicyclic) bond motifs is 1. The van der Waals surface area contributed by atoms with E-state index < -0.39 is 5.91 Å². The first-order chi connectivity index (χ1) is 14.9. The third kappa shape index (κ3) is 4.78. The van der Waals surface area contributed by atoms with E-state index in [1.165, 1.54) is 18.2 Å². The van der Waals surface area contributed by atoms with E-state index >= 15 is 0 Å². The zero-order valence-electron chi connectivity index (χ0n) is 16.6. The number of imidazole rings is 1. The Bertz CT molecular complexity index is 1270. The number of benzene rings is 3. The second kappa shape index (κ2) is 8.65. The third-order valence-electron chi connectivity index (χ3n) is 4.68. The Morgan fingerprint density at radius 1 is 1.06 bits per heavy atom. The minimum atomic E-state index is -0.605. The Kier molecular flexibility index (Phi) is 5.77. The Balaban J connectivity index is 1.54. The number of amides is 1. The molecule has 3 aromatic carbocycles. The quantitative estimate of drug-likeness (QED) is 0.427. The first kappa shape index (κ1) is 20.7. The fourth-order valence-electron chi connectivity index (χ4n) is 3.07. The van der Waals surface area contributed by atoms with Gasteiger partial charge in [-0.15, -0.1) is 0 Å². The number of aryl methyl sites for hydroxylation is 1. The number of nitrogens with zero attached hydrogens (tertiary/aromatic N) is 1. The van der Waals surface area contributed by atoms with Gasteiger partial charge in [0.05, 0.1) is 11.0 Å². The smallest absolute Gasteiger partial charge is 0.248 e. The molecule has 0 aliphatic heterocycles. The van der Waals surface area contributed by atoms with E-state index in [1.807, 2.05) is 13.0 Å². The van der Waals surface area contributed by atoms with Crippen molar-refractivity contribution in [2.24, 2.45) is 5.73 Å². The summed E-state index contributed by atoms with van der Waals surface area (Å²) < 4.78 is 25.8. The van der Waals surface area contributed by atoms with Crippen LogP contribution in [0.3, 0.4) is 0 Å². The van der Waals surface area contributed by atoms with Crippen LogP contribution in [0.1, 0.15) is 27.3 Å². The van der Waals surface area contributed by atoms with Gasteiger partial charge in [0.25, 0.3) is 0 Å². The number of carbonyl (C=O) groups is 1. The van der Waals surface area contributed by atoms with Gasteiger partial charge in [-0.3, -0.25) is 4.79 Å². The molecule has 4 aromatic rings. The number of hydrogen-bond donors (Lipinski definition) is 2. The summed E-state index contributed by atoms with van der Waals surface area (Å²) >= 11 is 6.01. The number of nitrogens with one attached hydrogen (secondary N) is 1. The van der Waals surface area contributed by atoms with Gasteiger partial charge < -0.3 is 20.2 Å². The van der Waals surface area contributed by atoms with Crippen LogP contribution in [0, 0.1) is 12.7 Å². The van der Waals surface area contributed by atoms with Gasteiger partial charge in [0, 0.05) is 16.1 Å². The molecule has 0 saturated carbocycles. The highest BCUT2D eigenvalue weighted by atomic mass is 35.5. The van der Waals surface area contributed by atoms with Crippen molar-refractivity contribution in [1.82, 2.24) is 9.97 Å². The van der Waals surface area contributed by atoms with E-state index in [9.17, 15) is 9.18 Å². The maximum atomic E-state index is 14.2. The second-order valence-corrected chi connectivity index (χ2v) is 7.48. The predicted octanol–water partition coefficient (Wildman–Crippen LogP) is 4.92. The zero-order valence-corrected chi connectivity index (χ0v) is 17.4. The monoisotopic (exact) mass is 439 g/mol. The normalized spacial score (nSPS) is 10.9. The number of primary amides is 1. The molecule has 0 spiro atoms. The first-order valence-electron chi connectivity index (χ1n) is 9.47. The summed E-state index contributed by atoms with van der Waals surface area (Å²) in [7, 11) is 0. The second-order valence-electron chi connectivity index (χ2n) is 7.04. The number of H-pyrrole nitrogens is 1. The summed E-state index contributed by atoms with van der Waals surface area (Å²) in [5.41, 5.74) is 8.39. The minimum absolute atomic E-state index is 0.0339. The average molecular weight is 440 g/mol. The van der Waals surface area contributed by atoms with E-state index in [0.29, 0.717) is 22.2 Å². The van der Waals surface area contributed by atoms with Crippen molar-refractivity contribution in [2.75, 3.05) is 0 Å². The lowest BCUT2D eigenvalue weighted by molar-refractivity contribution is 0.0999. The predicted molar refractivity (Wildman–Crippen MR) is 116 cm³/mol. The Labute approximate surface area is 182 Å². The molecule has 0 radical (unpaired) electrons. The molecule has 0 unspecified atom stereocenters. The van der Waals surface area contributed by atoms with E-state index in [-0.39, 0.29) is 30.3 Å². The van der Waals surface area contributed by atoms with Gasteiger partial charge in [-0.1, -0.05) is 23.7 Å². The van der Waals surface area contributed by atoms with Gasteiger partial charge >= 0.3 is 0 Å². The van der Waals surface area contributed by atoms with Gasteiger partial charge in [-0.05, 0) is 55.0 Å². The molecule has 8 heteroatoms. The van der Waals surface area contributed by atoms with Gasteiger partial charge in [0.15, 0.2) is 11.5 Å². The molecule has 0 fully saturated rings. The molecule has 0 bridgehead atoms. The lowest BCUT2D eigenvalue weighted by Gasteiger charge is -2.14. The van der Waals surface area contributed by atoms with Crippen molar-refractivity contribution >= 4 is 28.5 Å². The van der Waals surface area contributed by atoms with Crippen molar-refractivity contribution in [2.45, 2.75) is 20.1 Å². The van der Waals surface area contributed by atoms with Crippen LogP contribution in [0.4, 0.5) is 4.39 Å². The number of aromatic amines is 1. The maximum absolute atomic E-state index is 14.2. The first-order valence-corrected chi connectivity index (χ1v) is 9.85. The summed E-state index contributed by atoms with van der Waals surface area (Å²) in [5.74, 6) is 0.264. The molecule has 1 amide bonds. The highest BCUT2D eigenvalue weighted by Crippen LogP contribution is 2.30. The SMILES string of the molecule is Cc1ccc(COc2cc(C(N)=O)ccc2OCc2nc3ccc(Cl)cc3[nH]2)c(F)c1. The lowest BCUT2D eigenvalue weighted by atomic mass is 10.1. The van der Waals surface area contributed by atoms with Gasteiger partial charge in [0.2, 0.25) is 5.91 Å². The minimum Gasteiger partial charge on any atom is -0.485 e. The topological polar surface area (TPSA) is 90.2 Å².